The van der Waals surface area contributed by atoms with Gasteiger partial charge in [-0.2, -0.15) is 0 Å². The Morgan fingerprint density at radius 1 is 1.00 bits per heavy atom. The van der Waals surface area contributed by atoms with Crippen LogP contribution in [0.1, 0.15) is 31.7 Å². The van der Waals surface area contributed by atoms with Gasteiger partial charge in [-0.1, -0.05) is 12.1 Å². The summed E-state index contributed by atoms with van der Waals surface area (Å²) in [4.78, 5) is 19.5. The highest BCUT2D eigenvalue weighted by molar-refractivity contribution is 5.81. The molecule has 1 unspecified atom stereocenters. The molecule has 0 N–H and O–H groups in total. The van der Waals surface area contributed by atoms with E-state index in [0.29, 0.717) is 5.91 Å². The molecular formula is C19H29N3O. The van der Waals surface area contributed by atoms with Crippen LogP contribution in [0.25, 0.3) is 0 Å². The highest BCUT2D eigenvalue weighted by Crippen LogP contribution is 2.19. The van der Waals surface area contributed by atoms with Crippen molar-refractivity contribution in [3.63, 3.8) is 0 Å². The second-order valence-electron chi connectivity index (χ2n) is 6.92. The summed E-state index contributed by atoms with van der Waals surface area (Å²) in [5.41, 5.74) is 2.61. The summed E-state index contributed by atoms with van der Waals surface area (Å²) in [6.45, 7) is 10.1. The number of aryl methyl sites for hydroxylation is 1. The van der Waals surface area contributed by atoms with Crippen LogP contribution in [0, 0.1) is 6.92 Å². The van der Waals surface area contributed by atoms with E-state index in [1.165, 1.54) is 30.5 Å². The number of piperidine rings is 1. The van der Waals surface area contributed by atoms with Crippen molar-refractivity contribution in [1.82, 2.24) is 9.80 Å². The van der Waals surface area contributed by atoms with Gasteiger partial charge in [0.1, 0.15) is 0 Å². The molecular weight excluding hydrogens is 286 g/mol. The fraction of sp³-hybridized carbons (Fsp3) is 0.632. The van der Waals surface area contributed by atoms with Crippen molar-refractivity contribution in [3.8, 4) is 0 Å². The first kappa shape index (κ1) is 16.3. The molecule has 2 aliphatic heterocycles. The predicted octanol–water partition coefficient (Wildman–Crippen LogP) is 2.52. The average molecular weight is 315 g/mol. The number of amides is 1. The van der Waals surface area contributed by atoms with Crippen molar-refractivity contribution < 1.29 is 4.79 Å². The van der Waals surface area contributed by atoms with Gasteiger partial charge in [0.2, 0.25) is 5.91 Å². The van der Waals surface area contributed by atoms with Gasteiger partial charge < -0.3 is 9.80 Å². The van der Waals surface area contributed by atoms with Crippen LogP contribution in [0.4, 0.5) is 5.69 Å². The number of carbonyl (C=O) groups is 1. The number of anilines is 1. The summed E-state index contributed by atoms with van der Waals surface area (Å²) in [7, 11) is 0. The van der Waals surface area contributed by atoms with Crippen LogP contribution in [0.2, 0.25) is 0 Å². The number of carbonyl (C=O) groups excluding carboxylic acids is 1. The number of hydrogen-bond acceptors (Lipinski definition) is 3. The molecule has 2 saturated heterocycles. The van der Waals surface area contributed by atoms with Crippen molar-refractivity contribution in [2.24, 2.45) is 0 Å². The Morgan fingerprint density at radius 3 is 2.35 bits per heavy atom. The Morgan fingerprint density at radius 2 is 1.70 bits per heavy atom. The fourth-order valence-electron chi connectivity index (χ4n) is 3.73. The molecule has 2 heterocycles. The molecule has 4 nitrogen and oxygen atoms in total. The third-order valence-corrected chi connectivity index (χ3v) is 5.25. The SMILES string of the molecule is Cc1cccc(N2CCN(C(C)C(=O)N3CCCCC3)CC2)c1. The van der Waals surface area contributed by atoms with Crippen LogP contribution in [-0.2, 0) is 4.79 Å². The van der Waals surface area contributed by atoms with Crippen LogP contribution in [0.5, 0.6) is 0 Å². The zero-order chi connectivity index (χ0) is 16.2. The van der Waals surface area contributed by atoms with Crippen molar-refractivity contribution in [3.05, 3.63) is 29.8 Å². The fourth-order valence-corrected chi connectivity index (χ4v) is 3.73. The number of benzene rings is 1. The number of rotatable bonds is 3. The van der Waals surface area contributed by atoms with E-state index >= 15 is 0 Å². The Hall–Kier alpha value is -1.55. The minimum absolute atomic E-state index is 0.0211. The van der Waals surface area contributed by atoms with E-state index in [4.69, 9.17) is 0 Å². The highest BCUT2D eigenvalue weighted by atomic mass is 16.2. The Kier molecular flexibility index (Phi) is 5.21. The van der Waals surface area contributed by atoms with E-state index in [-0.39, 0.29) is 6.04 Å². The van der Waals surface area contributed by atoms with Crippen molar-refractivity contribution in [2.75, 3.05) is 44.2 Å². The maximum Gasteiger partial charge on any atom is 0.239 e. The smallest absolute Gasteiger partial charge is 0.239 e. The van der Waals surface area contributed by atoms with Crippen LogP contribution in [0.3, 0.4) is 0 Å². The highest BCUT2D eigenvalue weighted by Gasteiger charge is 2.29. The summed E-state index contributed by atoms with van der Waals surface area (Å²) in [5.74, 6) is 0.328. The predicted molar refractivity (Wildman–Crippen MR) is 94.9 cm³/mol. The lowest BCUT2D eigenvalue weighted by atomic mass is 10.1. The summed E-state index contributed by atoms with van der Waals surface area (Å²) in [6, 6.07) is 8.72. The van der Waals surface area contributed by atoms with E-state index in [9.17, 15) is 4.79 Å². The van der Waals surface area contributed by atoms with Crippen LogP contribution in [-0.4, -0.2) is 61.0 Å². The molecule has 0 saturated carbocycles. The van der Waals surface area contributed by atoms with Crippen molar-refractivity contribution >= 4 is 11.6 Å². The standard InChI is InChI=1S/C19H29N3O/c1-16-7-6-8-18(15-16)21-13-11-20(12-14-21)17(2)19(23)22-9-4-3-5-10-22/h6-8,15,17H,3-5,9-14H2,1-2H3. The molecule has 0 aliphatic carbocycles. The number of piperazine rings is 1. The first-order valence-corrected chi connectivity index (χ1v) is 8.99. The topological polar surface area (TPSA) is 26.8 Å². The molecule has 1 aromatic carbocycles. The Bertz CT molecular complexity index is 531. The number of hydrogen-bond donors (Lipinski definition) is 0. The lowest BCUT2D eigenvalue weighted by Gasteiger charge is -2.40. The van der Waals surface area contributed by atoms with Crippen LogP contribution >= 0.6 is 0 Å². The molecule has 23 heavy (non-hydrogen) atoms. The maximum absolute atomic E-state index is 12.7. The molecule has 1 atom stereocenters. The molecule has 0 aromatic heterocycles. The average Bonchev–Trinajstić information content (AvgIpc) is 2.61. The molecule has 2 fully saturated rings. The summed E-state index contributed by atoms with van der Waals surface area (Å²) in [5, 5.41) is 0. The monoisotopic (exact) mass is 315 g/mol. The molecule has 0 spiro atoms. The van der Waals surface area contributed by atoms with Gasteiger partial charge in [-0.05, 0) is 50.8 Å². The van der Waals surface area contributed by atoms with Crippen LogP contribution in [0.15, 0.2) is 24.3 Å². The van der Waals surface area contributed by atoms with Crippen LogP contribution < -0.4 is 4.90 Å². The first-order valence-electron chi connectivity index (χ1n) is 8.99. The maximum atomic E-state index is 12.7. The van der Waals surface area contributed by atoms with E-state index < -0.39 is 0 Å². The summed E-state index contributed by atoms with van der Waals surface area (Å²) >= 11 is 0. The molecule has 3 rings (SSSR count). The van der Waals surface area contributed by atoms with Gasteiger partial charge >= 0.3 is 0 Å². The zero-order valence-corrected chi connectivity index (χ0v) is 14.5. The van der Waals surface area contributed by atoms with Gasteiger partial charge in [-0.15, -0.1) is 0 Å². The Balaban J connectivity index is 1.54. The van der Waals surface area contributed by atoms with E-state index in [1.54, 1.807) is 0 Å². The zero-order valence-electron chi connectivity index (χ0n) is 14.5. The third-order valence-electron chi connectivity index (χ3n) is 5.25. The quantitative estimate of drug-likeness (QED) is 0.857. The summed E-state index contributed by atoms with van der Waals surface area (Å²) in [6.07, 6.45) is 3.60. The minimum atomic E-state index is 0.0211. The second-order valence-corrected chi connectivity index (χ2v) is 6.92. The minimum Gasteiger partial charge on any atom is -0.369 e. The van der Waals surface area contributed by atoms with Gasteiger partial charge in [0.05, 0.1) is 6.04 Å². The van der Waals surface area contributed by atoms with Gasteiger partial charge in [0.15, 0.2) is 0 Å². The molecule has 0 bridgehead atoms. The van der Waals surface area contributed by atoms with Crippen molar-refractivity contribution in [1.29, 1.82) is 0 Å². The normalized spacial score (nSPS) is 21.3. The molecule has 126 valence electrons. The largest absolute Gasteiger partial charge is 0.369 e. The second kappa shape index (κ2) is 7.35. The summed E-state index contributed by atoms with van der Waals surface area (Å²) < 4.78 is 0. The molecule has 1 aromatic rings. The van der Waals surface area contributed by atoms with Gasteiger partial charge in [0, 0.05) is 45.0 Å². The molecule has 4 heteroatoms. The third kappa shape index (κ3) is 3.86. The van der Waals surface area contributed by atoms with E-state index in [2.05, 4.69) is 52.8 Å². The van der Waals surface area contributed by atoms with Gasteiger partial charge in [-0.25, -0.2) is 0 Å². The first-order chi connectivity index (χ1) is 11.1. The van der Waals surface area contributed by atoms with Crippen molar-refractivity contribution in [2.45, 2.75) is 39.2 Å². The Labute approximate surface area is 140 Å². The van der Waals surface area contributed by atoms with E-state index in [1.807, 2.05) is 0 Å². The number of likely N-dealkylation sites (tertiary alicyclic amines) is 1. The number of nitrogens with zero attached hydrogens (tertiary/aromatic N) is 3. The lowest BCUT2D eigenvalue weighted by Crippen LogP contribution is -2.55. The molecule has 1 amide bonds. The molecule has 2 aliphatic rings. The van der Waals surface area contributed by atoms with E-state index in [0.717, 1.165) is 39.3 Å². The molecule has 0 radical (unpaired) electrons. The lowest BCUT2D eigenvalue weighted by molar-refractivity contribution is -0.137. The van der Waals surface area contributed by atoms with Gasteiger partial charge in [0.25, 0.3) is 0 Å². The van der Waals surface area contributed by atoms with Gasteiger partial charge in [-0.3, -0.25) is 9.69 Å².